The molecule has 0 heterocycles. The summed E-state index contributed by atoms with van der Waals surface area (Å²) in [6, 6.07) is 0. The zero-order valence-electron chi connectivity index (χ0n) is 36.7. The fraction of sp³-hybridized carbons (Fsp3) is 0.814. The van der Waals surface area contributed by atoms with Gasteiger partial charge in [-0.1, -0.05) is 141 Å². The minimum Gasteiger partial charge on any atom is -0.462 e. The third-order valence-corrected chi connectivity index (χ3v) is 10.8. The lowest BCUT2D eigenvalue weighted by Gasteiger charge is -2.20. The van der Waals surface area contributed by atoms with Gasteiger partial charge in [0.05, 0.1) is 32.0 Å². The van der Waals surface area contributed by atoms with Gasteiger partial charge in [0.1, 0.15) is 12.7 Å². The molecule has 0 saturated carbocycles. The van der Waals surface area contributed by atoms with Crippen LogP contribution >= 0.6 is 15.6 Å². The Hall–Kier alpha value is -1.74. The van der Waals surface area contributed by atoms with Crippen molar-refractivity contribution in [3.05, 3.63) is 36.5 Å². The lowest BCUT2D eigenvalue weighted by Crippen LogP contribution is -2.30. The van der Waals surface area contributed by atoms with Crippen LogP contribution in [0.2, 0.25) is 0 Å². The molecular formula is C43H80O15P2. The molecule has 0 aromatic rings. The van der Waals surface area contributed by atoms with E-state index in [0.717, 1.165) is 44.4 Å². The van der Waals surface area contributed by atoms with Gasteiger partial charge in [0, 0.05) is 12.8 Å². The number of esters is 2. The molecular weight excluding hydrogens is 818 g/mol. The summed E-state index contributed by atoms with van der Waals surface area (Å²) in [5.74, 6) is -0.549. The molecule has 60 heavy (non-hydrogen) atoms. The van der Waals surface area contributed by atoms with E-state index in [-0.39, 0.29) is 32.1 Å². The van der Waals surface area contributed by atoms with Gasteiger partial charge in [0.25, 0.3) is 0 Å². The number of hydrogen-bond donors (Lipinski definition) is 6. The van der Waals surface area contributed by atoms with E-state index in [9.17, 15) is 38.9 Å². The fourth-order valence-corrected chi connectivity index (χ4v) is 7.03. The number of ether oxygens (including phenoxy) is 2. The highest BCUT2D eigenvalue weighted by molar-refractivity contribution is 7.47. The quantitative estimate of drug-likeness (QED) is 0.0145. The molecule has 0 aliphatic rings. The molecule has 0 spiro atoms. The van der Waals surface area contributed by atoms with Crippen LogP contribution in [-0.4, -0.2) is 92.8 Å². The molecule has 5 atom stereocenters. The number of unbranched alkanes of at least 4 members (excludes halogenated alkanes) is 13. The molecule has 0 rings (SSSR count). The zero-order valence-corrected chi connectivity index (χ0v) is 38.5. The smallest absolute Gasteiger partial charge is 0.462 e. The van der Waals surface area contributed by atoms with E-state index in [0.29, 0.717) is 12.8 Å². The number of aliphatic hydroxyl groups is 3. The Labute approximate surface area is 360 Å². The van der Waals surface area contributed by atoms with Crippen molar-refractivity contribution >= 4 is 27.6 Å². The zero-order chi connectivity index (χ0) is 44.9. The Kier molecular flexibility index (Phi) is 36.7. The fourth-order valence-electron chi connectivity index (χ4n) is 5.87. The van der Waals surface area contributed by atoms with Gasteiger partial charge >= 0.3 is 27.6 Å². The van der Waals surface area contributed by atoms with Crippen molar-refractivity contribution in [3.8, 4) is 0 Å². The monoisotopic (exact) mass is 898 g/mol. The molecule has 15 nitrogen and oxygen atoms in total. The number of carbonyl (C=O) groups is 2. The van der Waals surface area contributed by atoms with E-state index in [4.69, 9.17) is 23.8 Å². The van der Waals surface area contributed by atoms with E-state index >= 15 is 0 Å². The number of aliphatic hydroxyl groups excluding tert-OH is 3. The van der Waals surface area contributed by atoms with Gasteiger partial charge in [-0.2, -0.15) is 0 Å². The van der Waals surface area contributed by atoms with Crippen LogP contribution < -0.4 is 0 Å². The predicted octanol–water partition coefficient (Wildman–Crippen LogP) is 9.08. The van der Waals surface area contributed by atoms with Gasteiger partial charge in [-0.25, -0.2) is 9.13 Å². The van der Waals surface area contributed by atoms with E-state index in [1.807, 2.05) is 12.2 Å². The van der Waals surface area contributed by atoms with E-state index in [1.54, 1.807) is 6.08 Å². The Balaban J connectivity index is 4.73. The third-order valence-electron chi connectivity index (χ3n) is 9.40. The lowest BCUT2D eigenvalue weighted by atomic mass is 10.0. The molecule has 6 N–H and O–H groups in total. The largest absolute Gasteiger partial charge is 0.472 e. The first-order valence-corrected chi connectivity index (χ1v) is 25.2. The van der Waals surface area contributed by atoms with E-state index in [1.165, 1.54) is 64.2 Å². The summed E-state index contributed by atoms with van der Waals surface area (Å²) >= 11 is 0. The number of phosphoric acid groups is 2. The van der Waals surface area contributed by atoms with Crippen molar-refractivity contribution in [2.75, 3.05) is 26.4 Å². The maximum Gasteiger partial charge on any atom is 0.472 e. The number of phosphoric ester groups is 2. The van der Waals surface area contributed by atoms with Gasteiger partial charge < -0.3 is 39.5 Å². The highest BCUT2D eigenvalue weighted by atomic mass is 31.2. The minimum atomic E-state index is -4.89. The summed E-state index contributed by atoms with van der Waals surface area (Å²) in [7, 11) is -9.77. The lowest BCUT2D eigenvalue weighted by molar-refractivity contribution is -0.161. The van der Waals surface area contributed by atoms with Gasteiger partial charge in [-0.05, 0) is 57.3 Å². The summed E-state index contributed by atoms with van der Waals surface area (Å²) in [5.41, 5.74) is 0. The average Bonchev–Trinajstić information content (AvgIpc) is 3.19. The molecule has 0 aliphatic heterocycles. The van der Waals surface area contributed by atoms with Gasteiger partial charge in [0.2, 0.25) is 0 Å². The maximum absolute atomic E-state index is 12.7. The minimum absolute atomic E-state index is 0.0722. The second kappa shape index (κ2) is 37.8. The Morgan fingerprint density at radius 3 is 1.70 bits per heavy atom. The summed E-state index contributed by atoms with van der Waals surface area (Å²) < 4.78 is 47.6. The second-order valence-corrected chi connectivity index (χ2v) is 18.5. The molecule has 0 aromatic heterocycles. The van der Waals surface area contributed by atoms with Gasteiger partial charge in [-0.15, -0.1) is 0 Å². The normalized spacial score (nSPS) is 15.5. The molecule has 352 valence electrons. The molecule has 3 unspecified atom stereocenters. The third kappa shape index (κ3) is 40.3. The molecule has 17 heteroatoms. The van der Waals surface area contributed by atoms with Crippen LogP contribution in [0.5, 0.6) is 0 Å². The molecule has 0 aromatic carbocycles. The van der Waals surface area contributed by atoms with Crippen molar-refractivity contribution < 1.29 is 71.8 Å². The summed E-state index contributed by atoms with van der Waals surface area (Å²) in [6.45, 7) is 3.70. The highest BCUT2D eigenvalue weighted by Gasteiger charge is 2.28. The first-order valence-electron chi connectivity index (χ1n) is 22.2. The number of hydrogen-bond acceptors (Lipinski definition) is 12. The predicted molar refractivity (Wildman–Crippen MR) is 233 cm³/mol. The molecule has 0 bridgehead atoms. The molecule has 0 aliphatic carbocycles. The number of carbonyl (C=O) groups excluding carboxylic acids is 2. The van der Waals surface area contributed by atoms with Gasteiger partial charge in [0.15, 0.2) is 6.10 Å². The Bertz CT molecular complexity index is 1250. The van der Waals surface area contributed by atoms with E-state index < -0.39 is 78.4 Å². The Morgan fingerprint density at radius 2 is 1.10 bits per heavy atom. The van der Waals surface area contributed by atoms with Crippen LogP contribution in [-0.2, 0) is 41.8 Å². The van der Waals surface area contributed by atoms with Crippen molar-refractivity contribution in [2.24, 2.45) is 5.92 Å². The first kappa shape index (κ1) is 58.3. The molecule has 0 fully saturated rings. The molecule has 0 saturated heterocycles. The van der Waals surface area contributed by atoms with Crippen molar-refractivity contribution in [1.82, 2.24) is 0 Å². The highest BCUT2D eigenvalue weighted by Crippen LogP contribution is 2.43. The van der Waals surface area contributed by atoms with Crippen LogP contribution in [0.25, 0.3) is 0 Å². The van der Waals surface area contributed by atoms with Crippen molar-refractivity contribution in [3.63, 3.8) is 0 Å². The second-order valence-electron chi connectivity index (χ2n) is 15.8. The van der Waals surface area contributed by atoms with Crippen LogP contribution in [0.15, 0.2) is 36.5 Å². The topological polar surface area (TPSA) is 236 Å². The maximum atomic E-state index is 12.7. The number of rotatable bonds is 41. The van der Waals surface area contributed by atoms with E-state index in [2.05, 4.69) is 48.0 Å². The van der Waals surface area contributed by atoms with Crippen LogP contribution in [0.4, 0.5) is 0 Å². The first-order chi connectivity index (χ1) is 28.5. The average molecular weight is 899 g/mol. The van der Waals surface area contributed by atoms with Crippen LogP contribution in [0.3, 0.4) is 0 Å². The van der Waals surface area contributed by atoms with Crippen LogP contribution in [0, 0.1) is 5.92 Å². The van der Waals surface area contributed by atoms with Gasteiger partial charge in [-0.3, -0.25) is 23.2 Å². The number of allylic oxidation sites excluding steroid dienone is 5. The van der Waals surface area contributed by atoms with Crippen molar-refractivity contribution in [2.45, 2.75) is 193 Å². The van der Waals surface area contributed by atoms with Crippen molar-refractivity contribution in [1.29, 1.82) is 0 Å². The molecule has 0 amide bonds. The SMILES string of the molecule is CCCCC/C=C\C/C=C\C/C=C\CC(O)C(O)CCCC(=O)OC[C@H](COP(=O)(O)OC[C@@H](O)COP(=O)(O)O)OC(=O)CCCCCCCCCCCCCC(C)C. The van der Waals surface area contributed by atoms with Crippen LogP contribution in [0.1, 0.15) is 168 Å². The molecule has 0 radical (unpaired) electrons. The summed E-state index contributed by atoms with van der Waals surface area (Å²) in [4.78, 5) is 52.7. The summed E-state index contributed by atoms with van der Waals surface area (Å²) in [5, 5.41) is 30.4. The standard InChI is InChI=1S/C43H80O15P2/c1-4-5-6-7-8-9-10-13-16-19-22-25-29-40(45)41(46)30-27-32-42(47)54-35-39(36-57-60(52,53)56-34-38(44)33-55-59(49,50)51)58-43(48)31-26-23-20-17-14-11-12-15-18-21-24-28-37(2)3/h8-9,13,16,22,25,37-41,44-46H,4-7,10-12,14-15,17-21,23-24,26-36H2,1-3H3,(H,52,53)(H2,49,50,51)/b9-8-,16-13-,25-22-/t38-,39+,40?,41?/m0/s1. The Morgan fingerprint density at radius 1 is 0.567 bits per heavy atom. The summed E-state index contributed by atoms with van der Waals surface area (Å²) in [6.07, 6.45) is 27.5.